The lowest BCUT2D eigenvalue weighted by Gasteiger charge is -2.24. The number of amides is 1. The van der Waals surface area contributed by atoms with E-state index in [-0.39, 0.29) is 23.2 Å². The lowest BCUT2D eigenvalue weighted by Crippen LogP contribution is -2.38. The van der Waals surface area contributed by atoms with Crippen molar-refractivity contribution in [3.8, 4) is 0 Å². The minimum absolute atomic E-state index is 0. The number of benzene rings is 1. The number of fused-ring (bicyclic) bond motifs is 1. The highest BCUT2D eigenvalue weighted by Gasteiger charge is 2.23. The number of rotatable bonds is 8. The molecule has 30 heavy (non-hydrogen) atoms. The number of likely N-dealkylation sites (N-methyl/N-ethyl adjacent to an activating group) is 1. The zero-order chi connectivity index (χ0) is 21.2. The number of thiazole rings is 1. The molecule has 0 aliphatic heterocycles. The maximum Gasteiger partial charge on any atom is 0.270 e. The Hall–Kier alpha value is -1.23. The van der Waals surface area contributed by atoms with Crippen LogP contribution in [0.5, 0.6) is 0 Å². The Kier molecular flexibility index (Phi) is 8.67. The second kappa shape index (κ2) is 10.4. The van der Waals surface area contributed by atoms with Gasteiger partial charge >= 0.3 is 0 Å². The maximum atomic E-state index is 13.2. The first-order valence-corrected chi connectivity index (χ1v) is 13.0. The van der Waals surface area contributed by atoms with Gasteiger partial charge in [0.1, 0.15) is 0 Å². The summed E-state index contributed by atoms with van der Waals surface area (Å²) in [5.41, 5.74) is 0.669. The number of thiophene rings is 1. The molecule has 0 spiro atoms. The van der Waals surface area contributed by atoms with Crippen LogP contribution in [0.15, 0.2) is 35.2 Å². The zero-order valence-corrected chi connectivity index (χ0v) is 20.8. The van der Waals surface area contributed by atoms with E-state index in [9.17, 15) is 13.2 Å². The van der Waals surface area contributed by atoms with Crippen LogP contribution in [0.25, 0.3) is 10.2 Å². The van der Waals surface area contributed by atoms with Crippen LogP contribution in [0.4, 0.5) is 5.13 Å². The van der Waals surface area contributed by atoms with Crippen molar-refractivity contribution in [2.24, 2.45) is 0 Å². The third-order valence-electron chi connectivity index (χ3n) is 4.57. The fourth-order valence-corrected chi connectivity index (χ4v) is 5.61. The van der Waals surface area contributed by atoms with Gasteiger partial charge in [0, 0.05) is 19.3 Å². The standard InChI is InChI=1S/C19H22ClN3O3S3.ClH/c1-4-22(5-2)10-11-23(18(24)15-8-9-17(20)27-15)19-21-14-7-6-13(29(3,25)26)12-16(14)28-19;/h6-9,12H,4-5,10-11H2,1-3H3;1H. The summed E-state index contributed by atoms with van der Waals surface area (Å²) >= 11 is 8.57. The highest BCUT2D eigenvalue weighted by atomic mass is 35.5. The third-order valence-corrected chi connectivity index (χ3v) is 7.94. The quantitative estimate of drug-likeness (QED) is 0.436. The van der Waals surface area contributed by atoms with E-state index in [0.29, 0.717) is 33.0 Å². The van der Waals surface area contributed by atoms with Crippen molar-refractivity contribution in [1.82, 2.24) is 9.88 Å². The molecule has 2 heterocycles. The fraction of sp³-hybridized carbons (Fsp3) is 0.368. The Labute approximate surface area is 195 Å². The lowest BCUT2D eigenvalue weighted by atomic mass is 10.3. The summed E-state index contributed by atoms with van der Waals surface area (Å²) in [6.45, 7) is 7.14. The number of nitrogens with zero attached hydrogens (tertiary/aromatic N) is 3. The van der Waals surface area contributed by atoms with Gasteiger partial charge in [-0.25, -0.2) is 13.4 Å². The molecule has 0 aliphatic carbocycles. The molecule has 3 aromatic rings. The number of hydrogen-bond acceptors (Lipinski definition) is 7. The normalized spacial score (nSPS) is 11.6. The third kappa shape index (κ3) is 5.72. The van der Waals surface area contributed by atoms with Crippen LogP contribution in [0.2, 0.25) is 4.34 Å². The summed E-state index contributed by atoms with van der Waals surface area (Å²) in [6.07, 6.45) is 1.18. The van der Waals surface area contributed by atoms with E-state index in [2.05, 4.69) is 23.7 Å². The molecule has 3 rings (SSSR count). The van der Waals surface area contributed by atoms with Gasteiger partial charge in [-0.2, -0.15) is 0 Å². The number of halogens is 2. The molecule has 0 unspecified atom stereocenters. The van der Waals surface area contributed by atoms with Crippen LogP contribution in [0.3, 0.4) is 0 Å². The topological polar surface area (TPSA) is 70.6 Å². The van der Waals surface area contributed by atoms with Gasteiger partial charge in [-0.1, -0.05) is 36.8 Å². The summed E-state index contributed by atoms with van der Waals surface area (Å²) in [5.74, 6) is -0.156. The summed E-state index contributed by atoms with van der Waals surface area (Å²) < 4.78 is 25.0. The first-order valence-electron chi connectivity index (χ1n) is 9.13. The summed E-state index contributed by atoms with van der Waals surface area (Å²) in [5, 5.41) is 0.548. The second-order valence-corrected chi connectivity index (χ2v) is 11.2. The van der Waals surface area contributed by atoms with Crippen LogP contribution >= 0.6 is 46.7 Å². The van der Waals surface area contributed by atoms with Crippen LogP contribution in [-0.4, -0.2) is 56.6 Å². The average molecular weight is 509 g/mol. The molecule has 6 nitrogen and oxygen atoms in total. The number of sulfone groups is 1. The summed E-state index contributed by atoms with van der Waals surface area (Å²) in [4.78, 5) is 22.5. The van der Waals surface area contributed by atoms with Gasteiger partial charge in [-0.3, -0.25) is 9.69 Å². The van der Waals surface area contributed by atoms with E-state index < -0.39 is 9.84 Å². The number of carbonyl (C=O) groups excluding carboxylic acids is 1. The van der Waals surface area contributed by atoms with Gasteiger partial charge in [0.2, 0.25) is 0 Å². The van der Waals surface area contributed by atoms with E-state index in [1.807, 2.05) is 0 Å². The molecule has 0 saturated carbocycles. The second-order valence-electron chi connectivity index (χ2n) is 6.49. The first-order chi connectivity index (χ1) is 13.7. The smallest absolute Gasteiger partial charge is 0.270 e. The Morgan fingerprint density at radius 2 is 1.80 bits per heavy atom. The Morgan fingerprint density at radius 1 is 1.10 bits per heavy atom. The van der Waals surface area contributed by atoms with Gasteiger partial charge in [0.25, 0.3) is 5.91 Å². The maximum absolute atomic E-state index is 13.2. The Morgan fingerprint density at radius 3 is 2.37 bits per heavy atom. The van der Waals surface area contributed by atoms with Crippen LogP contribution in [-0.2, 0) is 9.84 Å². The molecule has 0 radical (unpaired) electrons. The van der Waals surface area contributed by atoms with E-state index >= 15 is 0 Å². The van der Waals surface area contributed by atoms with Gasteiger partial charge in [0.15, 0.2) is 15.0 Å². The molecule has 1 amide bonds. The van der Waals surface area contributed by atoms with Gasteiger partial charge in [0.05, 0.1) is 24.3 Å². The summed E-state index contributed by atoms with van der Waals surface area (Å²) in [7, 11) is -3.31. The van der Waals surface area contributed by atoms with Crippen LogP contribution < -0.4 is 4.90 Å². The SMILES string of the molecule is CCN(CC)CCN(C(=O)c1ccc(Cl)s1)c1nc2ccc(S(C)(=O)=O)cc2s1.Cl. The average Bonchev–Trinajstić information content (AvgIpc) is 3.29. The molecule has 164 valence electrons. The Balaban J connectivity index is 0.00000320. The van der Waals surface area contributed by atoms with Crippen molar-refractivity contribution in [1.29, 1.82) is 0 Å². The molecule has 1 aromatic carbocycles. The largest absolute Gasteiger partial charge is 0.302 e. The highest BCUT2D eigenvalue weighted by Crippen LogP contribution is 2.32. The van der Waals surface area contributed by atoms with E-state index in [1.54, 1.807) is 35.2 Å². The van der Waals surface area contributed by atoms with Crippen molar-refractivity contribution < 1.29 is 13.2 Å². The predicted molar refractivity (Wildman–Crippen MR) is 129 cm³/mol. The molecule has 0 aliphatic rings. The zero-order valence-electron chi connectivity index (χ0n) is 16.8. The fourth-order valence-electron chi connectivity index (χ4n) is 2.87. The van der Waals surface area contributed by atoms with Gasteiger partial charge in [-0.05, 0) is 43.4 Å². The minimum atomic E-state index is -3.31. The van der Waals surface area contributed by atoms with E-state index in [1.165, 1.54) is 28.9 Å². The monoisotopic (exact) mass is 507 g/mol. The minimum Gasteiger partial charge on any atom is -0.302 e. The first kappa shape index (κ1) is 25.0. The molecular weight excluding hydrogens is 485 g/mol. The number of aromatic nitrogens is 1. The predicted octanol–water partition coefficient (Wildman–Crippen LogP) is 4.83. The number of carbonyl (C=O) groups is 1. The van der Waals surface area contributed by atoms with E-state index in [4.69, 9.17) is 11.6 Å². The van der Waals surface area contributed by atoms with Crippen molar-refractivity contribution >= 4 is 77.8 Å². The van der Waals surface area contributed by atoms with Gasteiger partial charge in [-0.15, -0.1) is 23.7 Å². The van der Waals surface area contributed by atoms with Crippen LogP contribution in [0, 0.1) is 0 Å². The van der Waals surface area contributed by atoms with Crippen molar-refractivity contribution in [3.05, 3.63) is 39.5 Å². The highest BCUT2D eigenvalue weighted by molar-refractivity contribution is 7.90. The molecule has 11 heteroatoms. The molecule has 2 aromatic heterocycles. The number of hydrogen-bond donors (Lipinski definition) is 0. The molecule has 0 fully saturated rings. The van der Waals surface area contributed by atoms with Crippen LogP contribution in [0.1, 0.15) is 23.5 Å². The summed E-state index contributed by atoms with van der Waals surface area (Å²) in [6, 6.07) is 8.26. The molecular formula is C19H23Cl2N3O3S3. The Bertz CT molecular complexity index is 1120. The lowest BCUT2D eigenvalue weighted by molar-refractivity contribution is 0.0987. The van der Waals surface area contributed by atoms with Crippen molar-refractivity contribution in [2.45, 2.75) is 18.7 Å². The van der Waals surface area contributed by atoms with Crippen molar-refractivity contribution in [2.75, 3.05) is 37.3 Å². The van der Waals surface area contributed by atoms with E-state index in [0.717, 1.165) is 17.8 Å². The molecule has 0 bridgehead atoms. The number of anilines is 1. The van der Waals surface area contributed by atoms with Gasteiger partial charge < -0.3 is 4.90 Å². The molecule has 0 atom stereocenters. The molecule has 0 saturated heterocycles. The van der Waals surface area contributed by atoms with Crippen molar-refractivity contribution in [3.63, 3.8) is 0 Å². The molecule has 0 N–H and O–H groups in total.